The minimum Gasteiger partial charge on any atom is -0.381 e. The molecular formula is C18H16FN7O. The lowest BCUT2D eigenvalue weighted by molar-refractivity contribution is 0.259. The molecule has 3 heterocycles. The minimum absolute atomic E-state index is 0.0112. The van der Waals surface area contributed by atoms with E-state index in [9.17, 15) is 9.18 Å². The monoisotopic (exact) mass is 365 g/mol. The molecule has 27 heavy (non-hydrogen) atoms. The first kappa shape index (κ1) is 16.7. The zero-order chi connectivity index (χ0) is 19.0. The van der Waals surface area contributed by atoms with Crippen LogP contribution in [0.25, 0.3) is 5.57 Å². The lowest BCUT2D eigenvalue weighted by Crippen LogP contribution is -2.26. The lowest BCUT2D eigenvalue weighted by atomic mass is 10.0. The van der Waals surface area contributed by atoms with Crippen molar-refractivity contribution in [3.8, 4) is 0 Å². The van der Waals surface area contributed by atoms with Crippen LogP contribution in [0, 0.1) is 5.82 Å². The number of nitrogen functional groups attached to an aromatic ring is 1. The second-order valence-corrected chi connectivity index (χ2v) is 6.08. The van der Waals surface area contributed by atoms with E-state index < -0.39 is 11.8 Å². The molecule has 136 valence electrons. The van der Waals surface area contributed by atoms with Crippen molar-refractivity contribution in [1.82, 2.24) is 14.9 Å². The molecule has 1 atom stereocenters. The zero-order valence-electron chi connectivity index (χ0n) is 14.1. The molecule has 4 rings (SSSR count). The third-order valence-corrected chi connectivity index (χ3v) is 4.29. The normalized spacial score (nSPS) is 18.0. The summed E-state index contributed by atoms with van der Waals surface area (Å²) in [6.07, 6.45) is 6.59. The van der Waals surface area contributed by atoms with Crippen molar-refractivity contribution in [2.24, 2.45) is 10.7 Å². The number of aliphatic imine (C=N–C) groups is 1. The molecule has 2 aromatic rings. The first-order valence-electron chi connectivity index (χ1n) is 8.19. The molecule has 0 saturated carbocycles. The van der Waals surface area contributed by atoms with Crippen LogP contribution in [0.5, 0.6) is 0 Å². The van der Waals surface area contributed by atoms with Gasteiger partial charge in [-0.3, -0.25) is 4.99 Å². The van der Waals surface area contributed by atoms with Crippen molar-refractivity contribution < 1.29 is 9.18 Å². The maximum Gasteiger partial charge on any atom is 0.316 e. The predicted molar refractivity (Wildman–Crippen MR) is 100 cm³/mol. The smallest absolute Gasteiger partial charge is 0.316 e. The summed E-state index contributed by atoms with van der Waals surface area (Å²) in [5.74, 6) is 0.242. The van der Waals surface area contributed by atoms with Gasteiger partial charge in [0.15, 0.2) is 17.5 Å². The molecule has 1 aromatic heterocycles. The van der Waals surface area contributed by atoms with E-state index in [4.69, 9.17) is 11.5 Å². The molecule has 2 aliphatic rings. The van der Waals surface area contributed by atoms with Crippen LogP contribution in [0.4, 0.5) is 20.7 Å². The Labute approximate surface area is 154 Å². The molecule has 1 aromatic carbocycles. The summed E-state index contributed by atoms with van der Waals surface area (Å²) >= 11 is 0. The third kappa shape index (κ3) is 3.22. The van der Waals surface area contributed by atoms with E-state index >= 15 is 0 Å². The van der Waals surface area contributed by atoms with Crippen LogP contribution in [-0.4, -0.2) is 33.3 Å². The van der Waals surface area contributed by atoms with Crippen molar-refractivity contribution in [1.29, 1.82) is 0 Å². The number of primary amides is 1. The van der Waals surface area contributed by atoms with Crippen LogP contribution < -0.4 is 16.8 Å². The molecule has 5 N–H and O–H groups in total. The minimum atomic E-state index is -0.650. The van der Waals surface area contributed by atoms with Crippen molar-refractivity contribution in [2.75, 3.05) is 17.6 Å². The number of aromatic nitrogens is 2. The zero-order valence-corrected chi connectivity index (χ0v) is 14.1. The fourth-order valence-corrected chi connectivity index (χ4v) is 3.05. The highest BCUT2D eigenvalue weighted by atomic mass is 19.1. The molecular weight excluding hydrogens is 349 g/mol. The molecule has 0 fully saturated rings. The largest absolute Gasteiger partial charge is 0.381 e. The maximum absolute atomic E-state index is 13.3. The first-order chi connectivity index (χ1) is 13.0. The van der Waals surface area contributed by atoms with Crippen molar-refractivity contribution >= 4 is 28.9 Å². The van der Waals surface area contributed by atoms with E-state index in [-0.39, 0.29) is 11.9 Å². The number of nitrogens with zero attached hydrogens (tertiary/aromatic N) is 4. The van der Waals surface area contributed by atoms with E-state index in [1.54, 1.807) is 6.07 Å². The highest BCUT2D eigenvalue weighted by Crippen LogP contribution is 2.32. The average molecular weight is 365 g/mol. The van der Waals surface area contributed by atoms with Gasteiger partial charge in [-0.15, -0.1) is 0 Å². The van der Waals surface area contributed by atoms with Crippen LogP contribution in [0.2, 0.25) is 0 Å². The number of carbonyl (C=O) groups excluding carboxylic acids is 1. The number of hydrogen-bond acceptors (Lipinski definition) is 6. The summed E-state index contributed by atoms with van der Waals surface area (Å²) in [5.41, 5.74) is 13.0. The topological polar surface area (TPSA) is 123 Å². The summed E-state index contributed by atoms with van der Waals surface area (Å²) in [6, 6.07) is 6.83. The molecule has 0 saturated heterocycles. The van der Waals surface area contributed by atoms with Gasteiger partial charge in [-0.1, -0.05) is 12.1 Å². The molecule has 0 spiro atoms. The van der Waals surface area contributed by atoms with Gasteiger partial charge >= 0.3 is 6.03 Å². The van der Waals surface area contributed by atoms with E-state index in [0.717, 1.165) is 17.6 Å². The Balaban J connectivity index is 1.57. The summed E-state index contributed by atoms with van der Waals surface area (Å²) in [5, 5.41) is 2.57. The van der Waals surface area contributed by atoms with Gasteiger partial charge in [0.25, 0.3) is 0 Å². The number of amidine groups is 1. The fourth-order valence-electron chi connectivity index (χ4n) is 3.05. The quantitative estimate of drug-likeness (QED) is 0.768. The Morgan fingerprint density at radius 1 is 1.37 bits per heavy atom. The molecule has 9 heteroatoms. The number of allylic oxidation sites excluding steroid dienone is 2. The number of benzene rings is 1. The Hall–Kier alpha value is -3.75. The second-order valence-electron chi connectivity index (χ2n) is 6.08. The second kappa shape index (κ2) is 6.52. The number of nitrogens with two attached hydrogens (primary N) is 2. The van der Waals surface area contributed by atoms with Crippen LogP contribution in [0.3, 0.4) is 0 Å². The van der Waals surface area contributed by atoms with Crippen LogP contribution in [0.1, 0.15) is 17.4 Å². The van der Waals surface area contributed by atoms with Gasteiger partial charge in [-0.25, -0.2) is 19.2 Å². The lowest BCUT2D eigenvalue weighted by Gasteiger charge is -2.26. The van der Waals surface area contributed by atoms with Gasteiger partial charge in [-0.05, 0) is 29.8 Å². The highest BCUT2D eigenvalue weighted by molar-refractivity contribution is 6.04. The average Bonchev–Trinajstić information content (AvgIpc) is 3.07. The number of carbonyl (C=O) groups is 1. The highest BCUT2D eigenvalue weighted by Gasteiger charge is 2.29. The SMILES string of the molecule is NC(=O)Nc1cccc(C2CN=C3C=C(c4ncc(F)c(N)n4)C=CN32)c1. The van der Waals surface area contributed by atoms with Gasteiger partial charge in [0, 0.05) is 17.5 Å². The van der Waals surface area contributed by atoms with Gasteiger partial charge in [-0.2, -0.15) is 0 Å². The first-order valence-corrected chi connectivity index (χ1v) is 8.19. The molecule has 2 aliphatic heterocycles. The molecule has 2 amide bonds. The number of amides is 2. The van der Waals surface area contributed by atoms with E-state index in [0.29, 0.717) is 23.6 Å². The Bertz CT molecular complexity index is 1010. The summed E-state index contributed by atoms with van der Waals surface area (Å²) in [6.45, 7) is 0.551. The number of rotatable bonds is 3. The van der Waals surface area contributed by atoms with E-state index in [2.05, 4.69) is 20.3 Å². The van der Waals surface area contributed by atoms with Gasteiger partial charge < -0.3 is 21.7 Å². The number of halogens is 1. The van der Waals surface area contributed by atoms with Crippen molar-refractivity contribution in [2.45, 2.75) is 6.04 Å². The van der Waals surface area contributed by atoms with Gasteiger partial charge in [0.05, 0.1) is 18.8 Å². The number of hydrogen-bond donors (Lipinski definition) is 3. The number of fused-ring (bicyclic) bond motifs is 1. The van der Waals surface area contributed by atoms with E-state index in [1.807, 2.05) is 41.5 Å². The third-order valence-electron chi connectivity index (χ3n) is 4.29. The van der Waals surface area contributed by atoms with Crippen LogP contribution >= 0.6 is 0 Å². The van der Waals surface area contributed by atoms with Gasteiger partial charge in [0.2, 0.25) is 0 Å². The number of nitrogens with one attached hydrogen (secondary N) is 1. The molecule has 0 radical (unpaired) electrons. The number of anilines is 2. The summed E-state index contributed by atoms with van der Waals surface area (Å²) < 4.78 is 13.3. The Kier molecular flexibility index (Phi) is 4.03. The summed E-state index contributed by atoms with van der Waals surface area (Å²) in [4.78, 5) is 25.6. The fraction of sp³-hybridized carbons (Fsp3) is 0.111. The molecule has 8 nitrogen and oxygen atoms in total. The Morgan fingerprint density at radius 3 is 3.00 bits per heavy atom. The van der Waals surface area contributed by atoms with Crippen molar-refractivity contribution in [3.63, 3.8) is 0 Å². The molecule has 1 unspecified atom stereocenters. The standard InChI is InChI=1S/C18H16FN7O/c19-13-8-23-17(25-16(13)20)11-4-5-26-14(9-22-15(26)7-11)10-2-1-3-12(6-10)24-18(21)27/h1-8,14H,9H2,(H2,20,23,25)(H3,21,24,27). The number of urea groups is 1. The summed E-state index contributed by atoms with van der Waals surface area (Å²) in [7, 11) is 0. The van der Waals surface area contributed by atoms with Crippen LogP contribution in [-0.2, 0) is 0 Å². The van der Waals surface area contributed by atoms with Gasteiger partial charge in [0.1, 0.15) is 5.84 Å². The predicted octanol–water partition coefficient (Wildman–Crippen LogP) is 2.05. The molecule has 0 aliphatic carbocycles. The maximum atomic E-state index is 13.3. The van der Waals surface area contributed by atoms with Crippen LogP contribution in [0.15, 0.2) is 53.8 Å². The Morgan fingerprint density at radius 2 is 2.22 bits per heavy atom. The van der Waals surface area contributed by atoms with E-state index in [1.165, 1.54) is 0 Å². The molecule has 0 bridgehead atoms. The van der Waals surface area contributed by atoms with Crippen molar-refractivity contribution in [3.05, 3.63) is 66.0 Å².